The van der Waals surface area contributed by atoms with Crippen LogP contribution < -0.4 is 10.1 Å². The van der Waals surface area contributed by atoms with Crippen LogP contribution in [-0.2, 0) is 11.0 Å². The number of hydrogen-bond acceptors (Lipinski definition) is 3. The van der Waals surface area contributed by atoms with Gasteiger partial charge in [-0.2, -0.15) is 13.2 Å². The zero-order chi connectivity index (χ0) is 17.7. The van der Waals surface area contributed by atoms with Gasteiger partial charge in [0, 0.05) is 11.3 Å². The summed E-state index contributed by atoms with van der Waals surface area (Å²) in [7, 11) is 0. The Hall–Kier alpha value is -2.54. The maximum absolute atomic E-state index is 12.6. The fraction of sp³-hybridized carbons (Fsp3) is 0.235. The summed E-state index contributed by atoms with van der Waals surface area (Å²) >= 11 is 0. The highest BCUT2D eigenvalue weighted by molar-refractivity contribution is 5.92. The number of halogens is 3. The van der Waals surface area contributed by atoms with Crippen molar-refractivity contribution in [3.63, 3.8) is 0 Å². The Labute approximate surface area is 136 Å². The van der Waals surface area contributed by atoms with Crippen molar-refractivity contribution in [1.82, 2.24) is 0 Å². The SMILES string of the molecule is CC(O)c1ccccc1NC(=O)COc1cccc(C(F)(F)F)c1. The molecule has 128 valence electrons. The highest BCUT2D eigenvalue weighted by Crippen LogP contribution is 2.31. The van der Waals surface area contributed by atoms with Crippen LogP contribution >= 0.6 is 0 Å². The molecule has 0 aliphatic heterocycles. The van der Waals surface area contributed by atoms with E-state index in [1.807, 2.05) is 0 Å². The van der Waals surface area contributed by atoms with E-state index in [0.29, 0.717) is 11.3 Å². The van der Waals surface area contributed by atoms with Crippen molar-refractivity contribution in [1.29, 1.82) is 0 Å². The topological polar surface area (TPSA) is 58.6 Å². The van der Waals surface area contributed by atoms with Crippen molar-refractivity contribution < 1.29 is 27.8 Å². The van der Waals surface area contributed by atoms with Crippen LogP contribution in [0, 0.1) is 0 Å². The van der Waals surface area contributed by atoms with Gasteiger partial charge in [0.05, 0.1) is 11.7 Å². The summed E-state index contributed by atoms with van der Waals surface area (Å²) in [6.07, 6.45) is -5.25. The Morgan fingerprint density at radius 3 is 2.58 bits per heavy atom. The fourth-order valence-electron chi connectivity index (χ4n) is 2.07. The summed E-state index contributed by atoms with van der Waals surface area (Å²) < 4.78 is 42.9. The number of hydrogen-bond donors (Lipinski definition) is 2. The molecule has 0 aliphatic carbocycles. The first-order valence-electron chi connectivity index (χ1n) is 7.14. The van der Waals surface area contributed by atoms with Gasteiger partial charge in [0.1, 0.15) is 5.75 Å². The van der Waals surface area contributed by atoms with Crippen molar-refractivity contribution in [2.45, 2.75) is 19.2 Å². The van der Waals surface area contributed by atoms with Crippen molar-refractivity contribution in [2.75, 3.05) is 11.9 Å². The Balaban J connectivity index is 2.00. The molecule has 0 saturated heterocycles. The van der Waals surface area contributed by atoms with Gasteiger partial charge in [-0.15, -0.1) is 0 Å². The first-order chi connectivity index (χ1) is 11.3. The lowest BCUT2D eigenvalue weighted by Gasteiger charge is -2.14. The van der Waals surface area contributed by atoms with Crippen molar-refractivity contribution in [3.05, 3.63) is 59.7 Å². The Morgan fingerprint density at radius 2 is 1.92 bits per heavy atom. The number of carbonyl (C=O) groups is 1. The monoisotopic (exact) mass is 339 g/mol. The van der Waals surface area contributed by atoms with E-state index < -0.39 is 30.4 Å². The smallest absolute Gasteiger partial charge is 0.416 e. The highest BCUT2D eigenvalue weighted by Gasteiger charge is 2.30. The number of alkyl halides is 3. The summed E-state index contributed by atoms with van der Waals surface area (Å²) in [5.41, 5.74) is 0.106. The zero-order valence-corrected chi connectivity index (χ0v) is 12.8. The molecule has 24 heavy (non-hydrogen) atoms. The first kappa shape index (κ1) is 17.8. The van der Waals surface area contributed by atoms with E-state index in [9.17, 15) is 23.1 Å². The molecule has 2 aromatic carbocycles. The summed E-state index contributed by atoms with van der Waals surface area (Å²) in [6.45, 7) is 1.11. The van der Waals surface area contributed by atoms with Crippen LogP contribution in [0.5, 0.6) is 5.75 Å². The standard InChI is InChI=1S/C17H16F3NO3/c1-11(22)14-7-2-3-8-15(14)21-16(23)10-24-13-6-4-5-12(9-13)17(18,19)20/h2-9,11,22H,10H2,1H3,(H,21,23). The lowest BCUT2D eigenvalue weighted by molar-refractivity contribution is -0.137. The lowest BCUT2D eigenvalue weighted by atomic mass is 10.1. The molecule has 0 aliphatic rings. The van der Waals surface area contributed by atoms with Crippen molar-refractivity contribution >= 4 is 11.6 Å². The number of anilines is 1. The second-order valence-corrected chi connectivity index (χ2v) is 5.13. The van der Waals surface area contributed by atoms with Crippen molar-refractivity contribution in [2.24, 2.45) is 0 Å². The molecule has 7 heteroatoms. The van der Waals surface area contributed by atoms with E-state index in [0.717, 1.165) is 12.1 Å². The minimum atomic E-state index is -4.47. The number of nitrogens with one attached hydrogen (secondary N) is 1. The summed E-state index contributed by atoms with van der Waals surface area (Å²) in [6, 6.07) is 11.0. The summed E-state index contributed by atoms with van der Waals surface area (Å²) in [5.74, 6) is -0.593. The van der Waals surface area contributed by atoms with Crippen LogP contribution in [0.3, 0.4) is 0 Å². The van der Waals surface area contributed by atoms with E-state index in [4.69, 9.17) is 4.74 Å². The largest absolute Gasteiger partial charge is 0.484 e. The molecule has 1 unspecified atom stereocenters. The van der Waals surface area contributed by atoms with Gasteiger partial charge < -0.3 is 15.2 Å². The zero-order valence-electron chi connectivity index (χ0n) is 12.8. The van der Waals surface area contributed by atoms with Gasteiger partial charge in [0.2, 0.25) is 0 Å². The predicted octanol–water partition coefficient (Wildman–Crippen LogP) is 3.78. The number of ether oxygens (including phenoxy) is 1. The third-order valence-electron chi connectivity index (χ3n) is 3.22. The van der Waals surface area contributed by atoms with Gasteiger partial charge in [-0.3, -0.25) is 4.79 Å². The number of aliphatic hydroxyl groups is 1. The van der Waals surface area contributed by atoms with Gasteiger partial charge in [0.25, 0.3) is 5.91 Å². The maximum atomic E-state index is 12.6. The van der Waals surface area contributed by atoms with E-state index in [2.05, 4.69) is 5.32 Å². The van der Waals surface area contributed by atoms with Gasteiger partial charge in [-0.1, -0.05) is 24.3 Å². The van der Waals surface area contributed by atoms with Crippen LogP contribution in [0.2, 0.25) is 0 Å². The number of benzene rings is 2. The van der Waals surface area contributed by atoms with Crippen LogP contribution in [0.1, 0.15) is 24.2 Å². The lowest BCUT2D eigenvalue weighted by Crippen LogP contribution is -2.21. The quantitative estimate of drug-likeness (QED) is 0.872. The molecule has 0 bridgehead atoms. The molecular weight excluding hydrogens is 323 g/mol. The second kappa shape index (κ2) is 7.35. The summed E-state index contributed by atoms with van der Waals surface area (Å²) in [5, 5.41) is 12.2. The van der Waals surface area contributed by atoms with Gasteiger partial charge in [0.15, 0.2) is 6.61 Å². The second-order valence-electron chi connectivity index (χ2n) is 5.13. The predicted molar refractivity (Wildman–Crippen MR) is 82.6 cm³/mol. The first-order valence-corrected chi connectivity index (χ1v) is 7.14. The molecule has 0 heterocycles. The number of carbonyl (C=O) groups excluding carboxylic acids is 1. The molecule has 0 spiro atoms. The maximum Gasteiger partial charge on any atom is 0.416 e. The fourth-order valence-corrected chi connectivity index (χ4v) is 2.07. The normalized spacial score (nSPS) is 12.5. The van der Waals surface area contributed by atoms with Gasteiger partial charge in [-0.05, 0) is 31.2 Å². The Morgan fingerprint density at radius 1 is 1.21 bits per heavy atom. The molecule has 0 radical (unpaired) electrons. The van der Waals surface area contributed by atoms with Gasteiger partial charge in [-0.25, -0.2) is 0 Å². The minimum absolute atomic E-state index is 0.0520. The minimum Gasteiger partial charge on any atom is -0.484 e. The number of para-hydroxylation sites is 1. The molecule has 0 aromatic heterocycles. The third-order valence-corrected chi connectivity index (χ3v) is 3.22. The molecular formula is C17H16F3NO3. The Bertz CT molecular complexity index is 714. The molecule has 2 aromatic rings. The highest BCUT2D eigenvalue weighted by atomic mass is 19.4. The van der Waals surface area contributed by atoms with E-state index >= 15 is 0 Å². The number of rotatable bonds is 5. The van der Waals surface area contributed by atoms with E-state index in [-0.39, 0.29) is 5.75 Å². The molecule has 1 amide bonds. The molecule has 2 rings (SSSR count). The molecule has 0 fully saturated rings. The van der Waals surface area contributed by atoms with E-state index in [1.54, 1.807) is 31.2 Å². The molecule has 2 N–H and O–H groups in total. The summed E-state index contributed by atoms with van der Waals surface area (Å²) in [4.78, 5) is 11.9. The van der Waals surface area contributed by atoms with Crippen LogP contribution in [0.4, 0.5) is 18.9 Å². The Kier molecular flexibility index (Phi) is 5.46. The van der Waals surface area contributed by atoms with Crippen LogP contribution in [0.25, 0.3) is 0 Å². The molecule has 1 atom stereocenters. The molecule has 4 nitrogen and oxygen atoms in total. The van der Waals surface area contributed by atoms with Crippen LogP contribution in [-0.4, -0.2) is 17.6 Å². The average molecular weight is 339 g/mol. The number of aliphatic hydroxyl groups excluding tert-OH is 1. The number of amides is 1. The van der Waals surface area contributed by atoms with Crippen LogP contribution in [0.15, 0.2) is 48.5 Å². The van der Waals surface area contributed by atoms with Crippen molar-refractivity contribution in [3.8, 4) is 5.75 Å². The average Bonchev–Trinajstić information content (AvgIpc) is 2.53. The molecule has 0 saturated carbocycles. The third kappa shape index (κ3) is 4.73. The van der Waals surface area contributed by atoms with E-state index in [1.165, 1.54) is 12.1 Å². The van der Waals surface area contributed by atoms with Gasteiger partial charge >= 0.3 is 6.18 Å².